The fourth-order valence-corrected chi connectivity index (χ4v) is 2.78. The minimum absolute atomic E-state index is 0.107. The molecule has 6 heteroatoms. The molecule has 2 amide bonds. The zero-order valence-electron chi connectivity index (χ0n) is 13.8. The topological polar surface area (TPSA) is 71.1 Å². The summed E-state index contributed by atoms with van der Waals surface area (Å²) in [6, 6.07) is 18.0. The van der Waals surface area contributed by atoms with Crippen molar-refractivity contribution in [3.8, 4) is 0 Å². The Labute approximate surface area is 159 Å². The molecule has 0 aliphatic carbocycles. The minimum atomic E-state index is -0.233. The molecule has 3 rings (SSSR count). The van der Waals surface area contributed by atoms with Crippen molar-refractivity contribution in [2.75, 3.05) is 10.6 Å². The average molecular weight is 410 g/mol. The van der Waals surface area contributed by atoms with Crippen LogP contribution in [0.25, 0.3) is 0 Å². The monoisotopic (exact) mass is 409 g/mol. The number of hydrogen-bond donors (Lipinski definition) is 2. The van der Waals surface area contributed by atoms with Crippen LogP contribution in [-0.2, 0) is 11.2 Å². The zero-order valence-corrected chi connectivity index (χ0v) is 15.4. The first-order valence-corrected chi connectivity index (χ1v) is 8.76. The van der Waals surface area contributed by atoms with Gasteiger partial charge in [0, 0.05) is 28.2 Å². The van der Waals surface area contributed by atoms with Crippen molar-refractivity contribution in [3.05, 3.63) is 88.7 Å². The number of hydrogen-bond acceptors (Lipinski definition) is 3. The highest BCUT2D eigenvalue weighted by atomic mass is 79.9. The van der Waals surface area contributed by atoms with E-state index in [2.05, 4.69) is 31.5 Å². The van der Waals surface area contributed by atoms with E-state index in [-0.39, 0.29) is 18.2 Å². The molecule has 26 heavy (non-hydrogen) atoms. The van der Waals surface area contributed by atoms with Crippen LogP contribution in [0, 0.1) is 0 Å². The van der Waals surface area contributed by atoms with Crippen molar-refractivity contribution in [3.63, 3.8) is 0 Å². The van der Waals surface area contributed by atoms with E-state index in [1.807, 2.05) is 24.3 Å². The number of benzene rings is 2. The van der Waals surface area contributed by atoms with Gasteiger partial charge in [-0.25, -0.2) is 0 Å². The highest BCUT2D eigenvalue weighted by molar-refractivity contribution is 9.10. The first kappa shape index (κ1) is 17.8. The van der Waals surface area contributed by atoms with E-state index in [1.165, 1.54) is 6.20 Å². The quantitative estimate of drug-likeness (QED) is 0.660. The molecular weight excluding hydrogens is 394 g/mol. The number of carbonyl (C=O) groups excluding carboxylic acids is 2. The summed E-state index contributed by atoms with van der Waals surface area (Å²) in [5.74, 6) is -0.340. The molecule has 0 spiro atoms. The van der Waals surface area contributed by atoms with Gasteiger partial charge in [0.2, 0.25) is 5.91 Å². The summed E-state index contributed by atoms with van der Waals surface area (Å²) in [6.45, 7) is 0. The lowest BCUT2D eigenvalue weighted by Crippen LogP contribution is -2.15. The SMILES string of the molecule is O=C(Cc1ccccc1Br)Nc1ccc(NC(=O)c2cccnc2)cc1. The number of nitrogens with one attached hydrogen (secondary N) is 2. The molecule has 0 bridgehead atoms. The van der Waals surface area contributed by atoms with Crippen molar-refractivity contribution in [1.29, 1.82) is 0 Å². The molecule has 0 aliphatic rings. The Kier molecular flexibility index (Phi) is 5.76. The Morgan fingerprint density at radius 3 is 2.23 bits per heavy atom. The Balaban J connectivity index is 1.58. The summed E-state index contributed by atoms with van der Waals surface area (Å²) in [4.78, 5) is 28.2. The predicted molar refractivity (Wildman–Crippen MR) is 105 cm³/mol. The summed E-state index contributed by atoms with van der Waals surface area (Å²) >= 11 is 3.44. The first-order valence-electron chi connectivity index (χ1n) is 7.96. The van der Waals surface area contributed by atoms with Crippen LogP contribution in [0.15, 0.2) is 77.5 Å². The Morgan fingerprint density at radius 1 is 0.885 bits per heavy atom. The largest absolute Gasteiger partial charge is 0.326 e. The van der Waals surface area contributed by atoms with E-state index in [0.29, 0.717) is 16.9 Å². The number of nitrogens with zero attached hydrogens (tertiary/aromatic N) is 1. The van der Waals surface area contributed by atoms with Gasteiger partial charge in [-0.1, -0.05) is 34.1 Å². The lowest BCUT2D eigenvalue weighted by molar-refractivity contribution is -0.115. The fraction of sp³-hybridized carbons (Fsp3) is 0.0500. The molecule has 2 aromatic carbocycles. The Hall–Kier alpha value is -2.99. The smallest absolute Gasteiger partial charge is 0.257 e. The average Bonchev–Trinajstić information content (AvgIpc) is 2.66. The fourth-order valence-electron chi connectivity index (χ4n) is 2.36. The summed E-state index contributed by atoms with van der Waals surface area (Å²) in [5.41, 5.74) is 2.72. The van der Waals surface area contributed by atoms with E-state index in [0.717, 1.165) is 10.0 Å². The lowest BCUT2D eigenvalue weighted by atomic mass is 10.1. The maximum atomic E-state index is 12.2. The molecule has 0 saturated carbocycles. The lowest BCUT2D eigenvalue weighted by Gasteiger charge is -2.09. The predicted octanol–water partition coefficient (Wildman–Crippen LogP) is 4.28. The summed E-state index contributed by atoms with van der Waals surface area (Å²) in [6.07, 6.45) is 3.40. The summed E-state index contributed by atoms with van der Waals surface area (Å²) in [5, 5.41) is 5.64. The van der Waals surface area contributed by atoms with E-state index in [1.54, 1.807) is 42.6 Å². The maximum Gasteiger partial charge on any atom is 0.257 e. The van der Waals surface area contributed by atoms with Gasteiger partial charge in [-0.3, -0.25) is 14.6 Å². The van der Waals surface area contributed by atoms with Crippen molar-refractivity contribution in [1.82, 2.24) is 4.98 Å². The van der Waals surface area contributed by atoms with Crippen molar-refractivity contribution >= 4 is 39.1 Å². The molecule has 0 radical (unpaired) electrons. The Morgan fingerprint density at radius 2 is 1.58 bits per heavy atom. The third kappa shape index (κ3) is 4.77. The van der Waals surface area contributed by atoms with Crippen LogP contribution in [0.2, 0.25) is 0 Å². The number of rotatable bonds is 5. The van der Waals surface area contributed by atoms with Crippen LogP contribution in [0.1, 0.15) is 15.9 Å². The van der Waals surface area contributed by atoms with Gasteiger partial charge in [0.05, 0.1) is 12.0 Å². The standard InChI is InChI=1S/C20H16BrN3O2/c21-18-6-2-1-4-14(18)12-19(25)23-16-7-9-17(10-8-16)24-20(26)15-5-3-11-22-13-15/h1-11,13H,12H2,(H,23,25)(H,24,26). The number of halogens is 1. The van der Waals surface area contributed by atoms with Crippen molar-refractivity contribution < 1.29 is 9.59 Å². The van der Waals surface area contributed by atoms with Crippen LogP contribution in [0.4, 0.5) is 11.4 Å². The normalized spacial score (nSPS) is 10.2. The van der Waals surface area contributed by atoms with Gasteiger partial charge in [-0.2, -0.15) is 0 Å². The molecular formula is C20H16BrN3O2. The van der Waals surface area contributed by atoms with Gasteiger partial charge in [-0.15, -0.1) is 0 Å². The molecule has 2 N–H and O–H groups in total. The van der Waals surface area contributed by atoms with Crippen molar-refractivity contribution in [2.24, 2.45) is 0 Å². The maximum absolute atomic E-state index is 12.2. The molecule has 130 valence electrons. The third-order valence-corrected chi connectivity index (χ3v) is 4.43. The number of pyridine rings is 1. The van der Waals surface area contributed by atoms with Crippen LogP contribution in [0.3, 0.4) is 0 Å². The molecule has 5 nitrogen and oxygen atoms in total. The summed E-state index contributed by atoms with van der Waals surface area (Å²) in [7, 11) is 0. The van der Waals surface area contributed by atoms with Crippen LogP contribution in [-0.4, -0.2) is 16.8 Å². The third-order valence-electron chi connectivity index (χ3n) is 3.66. The van der Waals surface area contributed by atoms with Gasteiger partial charge in [-0.05, 0) is 48.0 Å². The number of carbonyl (C=O) groups is 2. The van der Waals surface area contributed by atoms with Gasteiger partial charge in [0.15, 0.2) is 0 Å². The van der Waals surface area contributed by atoms with Gasteiger partial charge < -0.3 is 10.6 Å². The molecule has 0 atom stereocenters. The second kappa shape index (κ2) is 8.40. The zero-order chi connectivity index (χ0) is 18.4. The molecule has 0 aliphatic heterocycles. The highest BCUT2D eigenvalue weighted by Crippen LogP contribution is 2.18. The Bertz CT molecular complexity index is 912. The minimum Gasteiger partial charge on any atom is -0.326 e. The van der Waals surface area contributed by atoms with Crippen LogP contribution < -0.4 is 10.6 Å². The molecule has 0 unspecified atom stereocenters. The van der Waals surface area contributed by atoms with Gasteiger partial charge >= 0.3 is 0 Å². The summed E-state index contributed by atoms with van der Waals surface area (Å²) < 4.78 is 0.906. The second-order valence-corrected chi connectivity index (χ2v) is 6.44. The van der Waals surface area contributed by atoms with Crippen LogP contribution in [0.5, 0.6) is 0 Å². The number of aromatic nitrogens is 1. The highest BCUT2D eigenvalue weighted by Gasteiger charge is 2.08. The van der Waals surface area contributed by atoms with E-state index >= 15 is 0 Å². The van der Waals surface area contributed by atoms with E-state index in [4.69, 9.17) is 0 Å². The first-order chi connectivity index (χ1) is 12.6. The molecule has 3 aromatic rings. The molecule has 0 saturated heterocycles. The van der Waals surface area contributed by atoms with Crippen LogP contribution >= 0.6 is 15.9 Å². The molecule has 1 heterocycles. The second-order valence-electron chi connectivity index (χ2n) is 5.59. The number of amides is 2. The van der Waals surface area contributed by atoms with Gasteiger partial charge in [0.1, 0.15) is 0 Å². The molecule has 1 aromatic heterocycles. The van der Waals surface area contributed by atoms with E-state index in [9.17, 15) is 9.59 Å². The van der Waals surface area contributed by atoms with Crippen molar-refractivity contribution in [2.45, 2.75) is 6.42 Å². The van der Waals surface area contributed by atoms with Gasteiger partial charge in [0.25, 0.3) is 5.91 Å². The number of anilines is 2. The molecule has 0 fully saturated rings. The van der Waals surface area contributed by atoms with E-state index < -0.39 is 0 Å².